The van der Waals surface area contributed by atoms with Crippen LogP contribution in [-0.2, 0) is 18.9 Å². The van der Waals surface area contributed by atoms with Crippen LogP contribution in [0.4, 0.5) is 4.39 Å². The van der Waals surface area contributed by atoms with E-state index >= 15 is 0 Å². The number of nitrogens with one attached hydrogen (secondary N) is 1. The highest BCUT2D eigenvalue weighted by molar-refractivity contribution is 5.94. The van der Waals surface area contributed by atoms with Crippen LogP contribution in [0.3, 0.4) is 0 Å². The number of benzene rings is 1. The molecule has 0 aliphatic rings. The summed E-state index contributed by atoms with van der Waals surface area (Å²) in [5, 5.41) is 8.75. The first-order valence-corrected chi connectivity index (χ1v) is 11.2. The molecule has 0 unspecified atom stereocenters. The van der Waals surface area contributed by atoms with E-state index in [1.165, 1.54) is 12.4 Å². The first kappa shape index (κ1) is 22.6. The molecule has 0 radical (unpaired) electrons. The van der Waals surface area contributed by atoms with Gasteiger partial charge >= 0.3 is 0 Å². The molecule has 10 heteroatoms. The third-order valence-electron chi connectivity index (χ3n) is 5.71. The molecule has 0 saturated carbocycles. The largest absolute Gasteiger partial charge is 0.339 e. The Labute approximate surface area is 200 Å². The number of halogens is 1. The highest BCUT2D eigenvalue weighted by Crippen LogP contribution is 2.30. The van der Waals surface area contributed by atoms with E-state index < -0.39 is 5.82 Å². The molecule has 0 spiro atoms. The predicted octanol–water partition coefficient (Wildman–Crippen LogP) is 4.66. The second kappa shape index (κ2) is 8.53. The van der Waals surface area contributed by atoms with Crippen molar-refractivity contribution in [2.24, 2.45) is 7.05 Å². The van der Waals surface area contributed by atoms with Gasteiger partial charge in [-0.2, -0.15) is 10.1 Å². The highest BCUT2D eigenvalue weighted by Gasteiger charge is 2.24. The molecule has 1 aromatic carbocycles. The fourth-order valence-corrected chi connectivity index (χ4v) is 3.78. The number of aromatic nitrogens is 7. The van der Waals surface area contributed by atoms with E-state index in [0.717, 1.165) is 16.6 Å². The maximum Gasteiger partial charge on any atom is 0.238 e. The Balaban J connectivity index is 1.36. The third-order valence-corrected chi connectivity index (χ3v) is 5.71. The van der Waals surface area contributed by atoms with Gasteiger partial charge in [0.2, 0.25) is 17.5 Å². The number of aromatic amines is 1. The average Bonchev–Trinajstić information content (AvgIpc) is 3.56. The minimum atomic E-state index is -0.409. The van der Waals surface area contributed by atoms with E-state index in [0.29, 0.717) is 28.4 Å². The van der Waals surface area contributed by atoms with E-state index in [-0.39, 0.29) is 29.9 Å². The Bertz CT molecular complexity index is 1540. The first-order valence-electron chi connectivity index (χ1n) is 11.2. The van der Waals surface area contributed by atoms with Gasteiger partial charge in [-0.1, -0.05) is 38.1 Å². The summed E-state index contributed by atoms with van der Waals surface area (Å²) in [6.07, 6.45) is 5.39. The standard InChI is InChI=1S/C25H24FN7O2/c1-25(2,3)24-31-23(32-35-24)20(34)8-7-14-5-6-15(9-18(14)26)21-17-10-19(16-11-29-33(4)12-16)30-22(17)28-13-27-21/h5-6,9-13H,7-8H2,1-4H3,(H,27,28,30). The van der Waals surface area contributed by atoms with Gasteiger partial charge < -0.3 is 9.51 Å². The van der Waals surface area contributed by atoms with Crippen LogP contribution >= 0.6 is 0 Å². The minimum Gasteiger partial charge on any atom is -0.339 e. The molecule has 0 atom stereocenters. The van der Waals surface area contributed by atoms with Crippen LogP contribution in [0.15, 0.2) is 47.5 Å². The summed E-state index contributed by atoms with van der Waals surface area (Å²) in [6.45, 7) is 5.76. The van der Waals surface area contributed by atoms with Crippen LogP contribution in [0.2, 0.25) is 0 Å². The maximum atomic E-state index is 15.0. The van der Waals surface area contributed by atoms with Crippen LogP contribution in [0, 0.1) is 5.82 Å². The Morgan fingerprint density at radius 2 is 2.00 bits per heavy atom. The molecule has 1 N–H and O–H groups in total. The molecule has 35 heavy (non-hydrogen) atoms. The molecule has 0 aliphatic heterocycles. The lowest BCUT2D eigenvalue weighted by atomic mass is 9.97. The van der Waals surface area contributed by atoms with Crippen molar-refractivity contribution in [1.29, 1.82) is 0 Å². The maximum absolute atomic E-state index is 15.0. The van der Waals surface area contributed by atoms with Gasteiger partial charge in [0.25, 0.3) is 0 Å². The van der Waals surface area contributed by atoms with E-state index in [1.54, 1.807) is 23.0 Å². The Hall–Kier alpha value is -4.21. The van der Waals surface area contributed by atoms with Crippen LogP contribution in [0.1, 0.15) is 49.3 Å². The van der Waals surface area contributed by atoms with Crippen molar-refractivity contribution in [2.45, 2.75) is 39.0 Å². The summed E-state index contributed by atoms with van der Waals surface area (Å²) in [5.74, 6) is -0.287. The smallest absolute Gasteiger partial charge is 0.238 e. The van der Waals surface area contributed by atoms with Crippen molar-refractivity contribution in [2.75, 3.05) is 0 Å². The van der Waals surface area contributed by atoms with Crippen molar-refractivity contribution >= 4 is 16.8 Å². The minimum absolute atomic E-state index is 0.0206. The fourth-order valence-electron chi connectivity index (χ4n) is 3.78. The summed E-state index contributed by atoms with van der Waals surface area (Å²) >= 11 is 0. The van der Waals surface area contributed by atoms with Crippen LogP contribution in [-0.4, -0.2) is 40.7 Å². The van der Waals surface area contributed by atoms with Gasteiger partial charge in [0, 0.05) is 41.6 Å². The second-order valence-electron chi connectivity index (χ2n) is 9.47. The summed E-state index contributed by atoms with van der Waals surface area (Å²) in [7, 11) is 1.85. The molecule has 0 fully saturated rings. The number of hydrogen-bond donors (Lipinski definition) is 1. The number of hydrogen-bond acceptors (Lipinski definition) is 7. The normalized spacial score (nSPS) is 11.9. The van der Waals surface area contributed by atoms with Crippen molar-refractivity contribution in [3.8, 4) is 22.5 Å². The lowest BCUT2D eigenvalue weighted by molar-refractivity contribution is 0.0969. The van der Waals surface area contributed by atoms with Gasteiger partial charge in [-0.3, -0.25) is 9.48 Å². The monoisotopic (exact) mass is 473 g/mol. The van der Waals surface area contributed by atoms with Gasteiger partial charge in [-0.15, -0.1) is 0 Å². The molecule has 0 bridgehead atoms. The molecule has 9 nitrogen and oxygen atoms in total. The van der Waals surface area contributed by atoms with E-state index in [2.05, 4.69) is 30.2 Å². The number of rotatable bonds is 6. The number of carbonyl (C=O) groups excluding carboxylic acids is 1. The predicted molar refractivity (Wildman–Crippen MR) is 127 cm³/mol. The molecular weight excluding hydrogens is 449 g/mol. The molecule has 0 amide bonds. The van der Waals surface area contributed by atoms with Gasteiger partial charge in [0.05, 0.1) is 17.6 Å². The number of nitrogens with zero attached hydrogens (tertiary/aromatic N) is 6. The summed E-state index contributed by atoms with van der Waals surface area (Å²) < 4.78 is 21.9. The lowest BCUT2D eigenvalue weighted by Crippen LogP contribution is -2.12. The van der Waals surface area contributed by atoms with Gasteiger partial charge in [-0.05, 0) is 24.1 Å². The number of fused-ring (bicyclic) bond motifs is 1. The molecule has 0 aliphatic carbocycles. The van der Waals surface area contributed by atoms with Crippen molar-refractivity contribution in [3.05, 3.63) is 66.1 Å². The van der Waals surface area contributed by atoms with Crippen molar-refractivity contribution in [1.82, 2.24) is 34.9 Å². The zero-order chi connectivity index (χ0) is 24.7. The molecule has 4 aromatic heterocycles. The quantitative estimate of drug-likeness (QED) is 0.357. The van der Waals surface area contributed by atoms with E-state index in [1.807, 2.05) is 40.1 Å². The van der Waals surface area contributed by atoms with Crippen LogP contribution in [0.25, 0.3) is 33.5 Å². The van der Waals surface area contributed by atoms with Gasteiger partial charge in [0.1, 0.15) is 17.8 Å². The fraction of sp³-hybridized carbons (Fsp3) is 0.280. The number of H-pyrrole nitrogens is 1. The summed E-state index contributed by atoms with van der Waals surface area (Å²) in [4.78, 5) is 28.6. The molecule has 4 heterocycles. The van der Waals surface area contributed by atoms with Crippen molar-refractivity contribution in [3.63, 3.8) is 0 Å². The SMILES string of the molecule is Cn1cc(-c2cc3c(-c4ccc(CCC(=O)c5noc(C(C)(C)C)n5)c(F)c4)ncnc3[nH]2)cn1. The first-order chi connectivity index (χ1) is 16.7. The number of carbonyl (C=O) groups is 1. The van der Waals surface area contributed by atoms with Crippen LogP contribution in [0.5, 0.6) is 0 Å². The van der Waals surface area contributed by atoms with Crippen LogP contribution < -0.4 is 0 Å². The number of aryl methyl sites for hydroxylation is 2. The molecule has 0 saturated heterocycles. The van der Waals surface area contributed by atoms with Gasteiger partial charge in [0.15, 0.2) is 0 Å². The number of Topliss-reactive ketones (excluding diaryl/α,β-unsaturated/α-hetero) is 1. The zero-order valence-corrected chi connectivity index (χ0v) is 19.8. The molecule has 5 rings (SSSR count). The summed E-state index contributed by atoms with van der Waals surface area (Å²) in [6, 6.07) is 6.85. The topological polar surface area (TPSA) is 115 Å². The van der Waals surface area contributed by atoms with E-state index in [9.17, 15) is 9.18 Å². The summed E-state index contributed by atoms with van der Waals surface area (Å²) in [5.41, 5.74) is 3.73. The Morgan fingerprint density at radius 1 is 1.17 bits per heavy atom. The van der Waals surface area contributed by atoms with E-state index in [4.69, 9.17) is 4.52 Å². The molecule has 178 valence electrons. The zero-order valence-electron chi connectivity index (χ0n) is 19.8. The second-order valence-corrected chi connectivity index (χ2v) is 9.47. The number of ketones is 1. The van der Waals surface area contributed by atoms with Crippen molar-refractivity contribution < 1.29 is 13.7 Å². The Kier molecular flexibility index (Phi) is 5.50. The average molecular weight is 474 g/mol. The molecular formula is C25H24FN7O2. The lowest BCUT2D eigenvalue weighted by Gasteiger charge is -2.10. The molecule has 5 aromatic rings. The van der Waals surface area contributed by atoms with Gasteiger partial charge in [-0.25, -0.2) is 14.4 Å². The third kappa shape index (κ3) is 4.46. The Morgan fingerprint density at radius 3 is 2.69 bits per heavy atom. The highest BCUT2D eigenvalue weighted by atomic mass is 19.1.